The van der Waals surface area contributed by atoms with Crippen LogP contribution in [0.3, 0.4) is 0 Å². The first-order chi connectivity index (χ1) is 10.4. The maximum Gasteiger partial charge on any atom is 0.416 e. The number of benzene rings is 1. The lowest BCUT2D eigenvalue weighted by atomic mass is 9.91. The fourth-order valence-corrected chi connectivity index (χ4v) is 4.42. The Labute approximate surface area is 133 Å². The molecule has 0 bridgehead atoms. The van der Waals surface area contributed by atoms with Gasteiger partial charge in [-0.25, -0.2) is 0 Å². The van der Waals surface area contributed by atoms with Gasteiger partial charge >= 0.3 is 6.18 Å². The predicted octanol–water partition coefficient (Wildman–Crippen LogP) is 3.91. The monoisotopic (exact) mass is 331 g/mol. The molecule has 22 heavy (non-hydrogen) atoms. The molecule has 2 saturated heterocycles. The first-order valence-electron chi connectivity index (χ1n) is 7.50. The van der Waals surface area contributed by atoms with Crippen molar-refractivity contribution in [3.05, 3.63) is 29.8 Å². The Morgan fingerprint density at radius 2 is 1.95 bits per heavy atom. The van der Waals surface area contributed by atoms with Gasteiger partial charge in [-0.1, -0.05) is 0 Å². The van der Waals surface area contributed by atoms with Crippen LogP contribution in [0, 0.1) is 5.41 Å². The highest BCUT2D eigenvalue weighted by atomic mass is 32.2. The van der Waals surface area contributed by atoms with E-state index in [0.29, 0.717) is 11.2 Å². The summed E-state index contributed by atoms with van der Waals surface area (Å²) in [5, 5.41) is 0. The first kappa shape index (κ1) is 16.0. The molecular weight excluding hydrogens is 311 g/mol. The van der Waals surface area contributed by atoms with Crippen molar-refractivity contribution >= 4 is 11.8 Å². The molecule has 0 N–H and O–H groups in total. The number of nitrogens with zero attached hydrogens (tertiary/aromatic N) is 1. The van der Waals surface area contributed by atoms with E-state index in [-0.39, 0.29) is 6.10 Å². The minimum absolute atomic E-state index is 0.0281. The van der Waals surface area contributed by atoms with Crippen LogP contribution in [0.5, 0.6) is 5.75 Å². The molecule has 0 radical (unpaired) electrons. The number of thioether (sulfide) groups is 1. The maximum absolute atomic E-state index is 12.5. The van der Waals surface area contributed by atoms with E-state index in [1.165, 1.54) is 30.1 Å². The van der Waals surface area contributed by atoms with E-state index < -0.39 is 11.7 Å². The summed E-state index contributed by atoms with van der Waals surface area (Å²) in [7, 11) is 0. The van der Waals surface area contributed by atoms with Gasteiger partial charge in [0.05, 0.1) is 5.56 Å². The third-order valence-corrected chi connectivity index (χ3v) is 6.00. The van der Waals surface area contributed by atoms with Crippen molar-refractivity contribution in [3.63, 3.8) is 0 Å². The van der Waals surface area contributed by atoms with Gasteiger partial charge in [0, 0.05) is 30.0 Å². The molecular formula is C16H20F3NOS. The molecule has 2 nitrogen and oxygen atoms in total. The minimum atomic E-state index is -4.30. The zero-order valence-electron chi connectivity index (χ0n) is 12.5. The number of rotatable bonds is 4. The van der Waals surface area contributed by atoms with Crippen molar-refractivity contribution in [2.75, 3.05) is 31.1 Å². The topological polar surface area (TPSA) is 12.5 Å². The summed E-state index contributed by atoms with van der Waals surface area (Å²) in [4.78, 5) is 2.41. The SMILES string of the molecule is C[C@@H](CN1CCC2(CSC2)C1)Oc1ccc(C(F)(F)F)cc1. The lowest BCUT2D eigenvalue weighted by Gasteiger charge is -2.37. The summed E-state index contributed by atoms with van der Waals surface area (Å²) in [6, 6.07) is 4.93. The molecule has 0 unspecified atom stereocenters. The van der Waals surface area contributed by atoms with E-state index in [2.05, 4.69) is 4.90 Å². The van der Waals surface area contributed by atoms with E-state index in [4.69, 9.17) is 4.74 Å². The predicted molar refractivity (Wildman–Crippen MR) is 82.3 cm³/mol. The van der Waals surface area contributed by atoms with E-state index in [1.54, 1.807) is 0 Å². The highest BCUT2D eigenvalue weighted by Crippen LogP contribution is 2.45. The number of hydrogen-bond donors (Lipinski definition) is 0. The summed E-state index contributed by atoms with van der Waals surface area (Å²) in [6.45, 7) is 5.02. The molecule has 0 aliphatic carbocycles. The molecule has 1 aromatic rings. The minimum Gasteiger partial charge on any atom is -0.489 e. The molecule has 122 valence electrons. The second kappa shape index (κ2) is 5.96. The molecule has 2 aliphatic heterocycles. The van der Waals surface area contributed by atoms with E-state index in [9.17, 15) is 13.2 Å². The van der Waals surface area contributed by atoms with Crippen LogP contribution in [-0.4, -0.2) is 42.1 Å². The van der Waals surface area contributed by atoms with E-state index in [0.717, 1.165) is 31.8 Å². The van der Waals surface area contributed by atoms with Crippen LogP contribution >= 0.6 is 11.8 Å². The Morgan fingerprint density at radius 1 is 1.27 bits per heavy atom. The lowest BCUT2D eigenvalue weighted by Crippen LogP contribution is -2.40. The van der Waals surface area contributed by atoms with E-state index >= 15 is 0 Å². The molecule has 2 heterocycles. The molecule has 2 fully saturated rings. The van der Waals surface area contributed by atoms with Crippen LogP contribution in [0.25, 0.3) is 0 Å². The van der Waals surface area contributed by atoms with Crippen molar-refractivity contribution < 1.29 is 17.9 Å². The van der Waals surface area contributed by atoms with Gasteiger partial charge in [0.15, 0.2) is 0 Å². The number of alkyl halides is 3. The molecule has 1 spiro atoms. The fourth-order valence-electron chi connectivity index (χ4n) is 3.17. The zero-order chi connectivity index (χ0) is 15.8. The van der Waals surface area contributed by atoms with Gasteiger partial charge in [0.1, 0.15) is 11.9 Å². The largest absolute Gasteiger partial charge is 0.489 e. The van der Waals surface area contributed by atoms with Crippen molar-refractivity contribution in [2.45, 2.75) is 25.6 Å². The third-order valence-electron chi connectivity index (χ3n) is 4.37. The van der Waals surface area contributed by atoms with Crippen molar-refractivity contribution in [3.8, 4) is 5.75 Å². The van der Waals surface area contributed by atoms with Gasteiger partial charge in [-0.05, 0) is 44.2 Å². The molecule has 1 atom stereocenters. The molecule has 2 aliphatic rings. The number of likely N-dealkylation sites (tertiary alicyclic amines) is 1. The normalized spacial score (nSPS) is 22.5. The Hall–Kier alpha value is -0.880. The quantitative estimate of drug-likeness (QED) is 0.830. The van der Waals surface area contributed by atoms with Crippen LogP contribution in [0.2, 0.25) is 0 Å². The van der Waals surface area contributed by atoms with Gasteiger partial charge in [0.2, 0.25) is 0 Å². The second-order valence-electron chi connectivity index (χ2n) is 6.43. The van der Waals surface area contributed by atoms with Crippen molar-refractivity contribution in [1.29, 1.82) is 0 Å². The number of halogens is 3. The molecule has 1 aromatic carbocycles. The fraction of sp³-hybridized carbons (Fsp3) is 0.625. The summed E-state index contributed by atoms with van der Waals surface area (Å²) in [6.07, 6.45) is -3.07. The summed E-state index contributed by atoms with van der Waals surface area (Å²) >= 11 is 2.01. The molecule has 3 rings (SSSR count). The molecule has 6 heteroatoms. The van der Waals surface area contributed by atoms with Gasteiger partial charge in [-0.3, -0.25) is 4.90 Å². The Bertz CT molecular complexity index is 513. The maximum atomic E-state index is 12.5. The Morgan fingerprint density at radius 3 is 2.45 bits per heavy atom. The smallest absolute Gasteiger partial charge is 0.416 e. The summed E-state index contributed by atoms with van der Waals surface area (Å²) in [5.41, 5.74) is -0.116. The second-order valence-corrected chi connectivity index (χ2v) is 7.41. The third kappa shape index (κ3) is 3.54. The van der Waals surface area contributed by atoms with Crippen LogP contribution in [-0.2, 0) is 6.18 Å². The lowest BCUT2D eigenvalue weighted by molar-refractivity contribution is -0.137. The average molecular weight is 331 g/mol. The highest BCUT2D eigenvalue weighted by molar-refractivity contribution is 8.00. The summed E-state index contributed by atoms with van der Waals surface area (Å²) in [5.74, 6) is 3.02. The Kier molecular flexibility index (Phi) is 4.34. The standard InChI is InChI=1S/C16H20F3NOS/c1-12(8-20-7-6-15(9-20)10-22-11-15)21-14-4-2-13(3-5-14)16(17,18)19/h2-5,12H,6-11H2,1H3/t12-/m0/s1. The van der Waals surface area contributed by atoms with Gasteiger partial charge in [-0.2, -0.15) is 24.9 Å². The van der Waals surface area contributed by atoms with Crippen LogP contribution < -0.4 is 4.74 Å². The number of ether oxygens (including phenoxy) is 1. The molecule has 0 saturated carbocycles. The van der Waals surface area contributed by atoms with Crippen LogP contribution in [0.15, 0.2) is 24.3 Å². The number of hydrogen-bond acceptors (Lipinski definition) is 3. The van der Waals surface area contributed by atoms with Crippen molar-refractivity contribution in [1.82, 2.24) is 4.90 Å². The highest BCUT2D eigenvalue weighted by Gasteiger charge is 2.43. The van der Waals surface area contributed by atoms with Crippen LogP contribution in [0.4, 0.5) is 13.2 Å². The molecule has 0 amide bonds. The van der Waals surface area contributed by atoms with Crippen LogP contribution in [0.1, 0.15) is 18.9 Å². The summed E-state index contributed by atoms with van der Waals surface area (Å²) < 4.78 is 43.3. The van der Waals surface area contributed by atoms with E-state index in [1.807, 2.05) is 18.7 Å². The molecule has 0 aromatic heterocycles. The van der Waals surface area contributed by atoms with Gasteiger partial charge in [0.25, 0.3) is 0 Å². The average Bonchev–Trinajstić information content (AvgIpc) is 2.82. The van der Waals surface area contributed by atoms with Crippen molar-refractivity contribution in [2.24, 2.45) is 5.41 Å². The van der Waals surface area contributed by atoms with Gasteiger partial charge in [-0.15, -0.1) is 0 Å². The first-order valence-corrected chi connectivity index (χ1v) is 8.66. The van der Waals surface area contributed by atoms with Gasteiger partial charge < -0.3 is 4.74 Å². The zero-order valence-corrected chi connectivity index (χ0v) is 13.3. The Balaban J connectivity index is 1.50.